The lowest BCUT2D eigenvalue weighted by molar-refractivity contribution is 0.380. The number of hydrogen-bond donors (Lipinski definition) is 0. The molecule has 0 saturated carbocycles. The Morgan fingerprint density at radius 3 is 2.87 bits per heavy atom. The molecule has 2 rings (SSSR count). The van der Waals surface area contributed by atoms with Gasteiger partial charge in [0, 0.05) is 6.20 Å². The molecule has 2 aromatic rings. The maximum Gasteiger partial charge on any atom is 0.316 e. The Bertz CT molecular complexity index is 458. The van der Waals surface area contributed by atoms with Crippen molar-refractivity contribution in [1.29, 1.82) is 0 Å². The van der Waals surface area contributed by atoms with E-state index in [1.54, 1.807) is 19.4 Å². The van der Waals surface area contributed by atoms with Gasteiger partial charge >= 0.3 is 6.01 Å². The Morgan fingerprint density at radius 2 is 2.20 bits per heavy atom. The molecule has 2 aromatic heterocycles. The standard InChI is InChI=1S/C9H8N3O2S/c1-13-8-10-4-3-6(12-8)7-5-11-9(14-2)15-7/h3-4H,1-2H3. The summed E-state index contributed by atoms with van der Waals surface area (Å²) >= 11 is 1.37. The minimum absolute atomic E-state index is 0.327. The van der Waals surface area contributed by atoms with Crippen molar-refractivity contribution < 1.29 is 9.47 Å². The number of aromatic nitrogens is 3. The third-order valence-electron chi connectivity index (χ3n) is 1.66. The predicted octanol–water partition coefficient (Wildman–Crippen LogP) is 1.42. The Labute approximate surface area is 90.7 Å². The zero-order valence-electron chi connectivity index (χ0n) is 8.22. The van der Waals surface area contributed by atoms with Gasteiger partial charge in [-0.05, 0) is 6.07 Å². The second kappa shape index (κ2) is 4.22. The summed E-state index contributed by atoms with van der Waals surface area (Å²) in [6.07, 6.45) is 4.45. The van der Waals surface area contributed by atoms with Gasteiger partial charge in [0.05, 0.1) is 24.8 Å². The van der Waals surface area contributed by atoms with Gasteiger partial charge in [0.15, 0.2) is 0 Å². The molecule has 77 valence electrons. The van der Waals surface area contributed by atoms with Gasteiger partial charge in [-0.3, -0.25) is 0 Å². The van der Waals surface area contributed by atoms with Crippen LogP contribution in [0, 0.1) is 6.20 Å². The predicted molar refractivity (Wildman–Crippen MR) is 55.1 cm³/mol. The van der Waals surface area contributed by atoms with Crippen LogP contribution < -0.4 is 9.47 Å². The molecule has 0 saturated heterocycles. The van der Waals surface area contributed by atoms with E-state index in [1.165, 1.54) is 18.4 Å². The Morgan fingerprint density at radius 1 is 1.33 bits per heavy atom. The molecule has 0 spiro atoms. The second-order valence-corrected chi connectivity index (χ2v) is 3.52. The summed E-state index contributed by atoms with van der Waals surface area (Å²) in [7, 11) is 3.09. The summed E-state index contributed by atoms with van der Waals surface area (Å²) in [5, 5.41) is 0.558. The summed E-state index contributed by atoms with van der Waals surface area (Å²) in [5.41, 5.74) is 0.725. The van der Waals surface area contributed by atoms with Crippen LogP contribution in [0.4, 0.5) is 0 Å². The largest absolute Gasteiger partial charge is 0.473 e. The highest BCUT2D eigenvalue weighted by molar-refractivity contribution is 7.16. The van der Waals surface area contributed by atoms with Gasteiger partial charge in [0.25, 0.3) is 5.19 Å². The van der Waals surface area contributed by atoms with E-state index in [-0.39, 0.29) is 0 Å². The lowest BCUT2D eigenvalue weighted by atomic mass is 10.4. The van der Waals surface area contributed by atoms with Crippen molar-refractivity contribution in [3.8, 4) is 21.8 Å². The Kier molecular flexibility index (Phi) is 2.77. The van der Waals surface area contributed by atoms with Gasteiger partial charge < -0.3 is 9.47 Å². The molecule has 0 bridgehead atoms. The normalized spacial score (nSPS) is 10.0. The number of nitrogens with zero attached hydrogens (tertiary/aromatic N) is 3. The first-order valence-corrected chi connectivity index (χ1v) is 4.95. The summed E-state index contributed by atoms with van der Waals surface area (Å²) in [6, 6.07) is 2.10. The number of rotatable bonds is 3. The molecular weight excluding hydrogens is 214 g/mol. The zero-order chi connectivity index (χ0) is 10.7. The topological polar surface area (TPSA) is 57.1 Å². The summed E-state index contributed by atoms with van der Waals surface area (Å²) < 4.78 is 9.90. The van der Waals surface area contributed by atoms with Gasteiger partial charge in [-0.15, -0.1) is 0 Å². The highest BCUT2D eigenvalue weighted by atomic mass is 32.1. The third-order valence-corrected chi connectivity index (χ3v) is 2.60. The molecule has 6 heteroatoms. The first kappa shape index (κ1) is 9.85. The van der Waals surface area contributed by atoms with Crippen LogP contribution in [0.15, 0.2) is 12.3 Å². The SMILES string of the molecule is COc1nccc(-c2[c]nc(OC)s2)n1. The van der Waals surface area contributed by atoms with Crippen molar-refractivity contribution in [1.82, 2.24) is 15.0 Å². The van der Waals surface area contributed by atoms with Crippen molar-refractivity contribution in [3.05, 3.63) is 18.5 Å². The van der Waals surface area contributed by atoms with Crippen molar-refractivity contribution in [2.45, 2.75) is 0 Å². The third kappa shape index (κ3) is 2.04. The molecule has 0 fully saturated rings. The van der Waals surface area contributed by atoms with Crippen LogP contribution >= 0.6 is 11.3 Å². The summed E-state index contributed by atoms with van der Waals surface area (Å²) in [4.78, 5) is 12.8. The fourth-order valence-electron chi connectivity index (χ4n) is 0.992. The first-order chi connectivity index (χ1) is 7.33. The highest BCUT2D eigenvalue weighted by Gasteiger charge is 2.07. The fraction of sp³-hybridized carbons (Fsp3) is 0.222. The van der Waals surface area contributed by atoms with Crippen LogP contribution in [0.25, 0.3) is 10.6 Å². The maximum atomic E-state index is 4.97. The van der Waals surface area contributed by atoms with E-state index in [0.717, 1.165) is 10.6 Å². The van der Waals surface area contributed by atoms with Gasteiger partial charge in [-0.2, -0.15) is 4.98 Å². The quantitative estimate of drug-likeness (QED) is 0.786. The molecule has 5 nitrogen and oxygen atoms in total. The van der Waals surface area contributed by atoms with Gasteiger partial charge in [-0.1, -0.05) is 11.3 Å². The second-order valence-electron chi connectivity index (χ2n) is 2.55. The highest BCUT2D eigenvalue weighted by Crippen LogP contribution is 2.28. The first-order valence-electron chi connectivity index (χ1n) is 4.13. The molecule has 0 N–H and O–H groups in total. The summed E-state index contributed by atoms with van der Waals surface area (Å²) in [6.45, 7) is 0. The monoisotopic (exact) mass is 222 g/mol. The molecular formula is C9H8N3O2S. The molecule has 15 heavy (non-hydrogen) atoms. The van der Waals surface area contributed by atoms with E-state index in [0.29, 0.717) is 11.2 Å². The van der Waals surface area contributed by atoms with Crippen molar-refractivity contribution in [2.75, 3.05) is 14.2 Å². The van der Waals surface area contributed by atoms with E-state index >= 15 is 0 Å². The Hall–Kier alpha value is -1.69. The van der Waals surface area contributed by atoms with E-state index < -0.39 is 0 Å². The minimum atomic E-state index is 0.327. The van der Waals surface area contributed by atoms with Crippen LogP contribution in [0.3, 0.4) is 0 Å². The molecule has 1 radical (unpaired) electrons. The van der Waals surface area contributed by atoms with Crippen LogP contribution in [-0.4, -0.2) is 29.2 Å². The molecule has 0 atom stereocenters. The van der Waals surface area contributed by atoms with E-state index in [2.05, 4.69) is 21.1 Å². The smallest absolute Gasteiger partial charge is 0.316 e. The van der Waals surface area contributed by atoms with Gasteiger partial charge in [0.2, 0.25) is 0 Å². The molecule has 0 aliphatic rings. The minimum Gasteiger partial charge on any atom is -0.473 e. The average molecular weight is 222 g/mol. The van der Waals surface area contributed by atoms with Crippen LogP contribution in [0.1, 0.15) is 0 Å². The number of thiazole rings is 1. The average Bonchev–Trinajstić information content (AvgIpc) is 2.78. The molecule has 0 aliphatic heterocycles. The van der Waals surface area contributed by atoms with Gasteiger partial charge in [-0.25, -0.2) is 9.97 Å². The zero-order valence-corrected chi connectivity index (χ0v) is 9.04. The number of hydrogen-bond acceptors (Lipinski definition) is 6. The Balaban J connectivity index is 2.35. The van der Waals surface area contributed by atoms with Crippen molar-refractivity contribution >= 4 is 11.3 Å². The molecule has 0 amide bonds. The van der Waals surface area contributed by atoms with Crippen molar-refractivity contribution in [3.63, 3.8) is 0 Å². The van der Waals surface area contributed by atoms with E-state index in [9.17, 15) is 0 Å². The van der Waals surface area contributed by atoms with E-state index in [4.69, 9.17) is 9.47 Å². The van der Waals surface area contributed by atoms with Gasteiger partial charge in [0.1, 0.15) is 6.20 Å². The van der Waals surface area contributed by atoms with Crippen LogP contribution in [-0.2, 0) is 0 Å². The van der Waals surface area contributed by atoms with Crippen LogP contribution in [0.2, 0.25) is 0 Å². The molecule has 0 unspecified atom stereocenters. The van der Waals surface area contributed by atoms with Crippen molar-refractivity contribution in [2.24, 2.45) is 0 Å². The van der Waals surface area contributed by atoms with E-state index in [1.807, 2.05) is 0 Å². The molecule has 2 heterocycles. The maximum absolute atomic E-state index is 4.97. The lowest BCUT2D eigenvalue weighted by Crippen LogP contribution is -1.91. The fourth-order valence-corrected chi connectivity index (χ4v) is 1.65. The number of methoxy groups -OCH3 is 2. The molecule has 0 aliphatic carbocycles. The van der Waals surface area contributed by atoms with Crippen LogP contribution in [0.5, 0.6) is 11.2 Å². The summed E-state index contributed by atoms with van der Waals surface area (Å²) in [5.74, 6) is 0. The number of ether oxygens (including phenoxy) is 2. The molecule has 0 aromatic carbocycles. The lowest BCUT2D eigenvalue weighted by Gasteiger charge is -1.98.